The molecular weight excluding hydrogens is 462 g/mol. The Kier molecular flexibility index (Phi) is 6.20. The van der Waals surface area contributed by atoms with E-state index < -0.39 is 0 Å². The van der Waals surface area contributed by atoms with Gasteiger partial charge in [-0.25, -0.2) is 0 Å². The standard InChI is InChI=1S/C30H27N5O2/c1-21-32-33-29(37-21)27-20-34(30(36)26-19-31-18-24-14-8-9-15-25(24)26)16-17-35(27)28(22-10-4-2-5-11-22)23-12-6-3-7-13-23/h2-15,18-19,27-28H,16-17,20H2,1H3/t27-/m1/s1. The van der Waals surface area contributed by atoms with Crippen molar-refractivity contribution < 1.29 is 9.21 Å². The van der Waals surface area contributed by atoms with E-state index in [-0.39, 0.29) is 18.0 Å². The van der Waals surface area contributed by atoms with Gasteiger partial charge in [0, 0.05) is 44.3 Å². The molecule has 3 aromatic carbocycles. The van der Waals surface area contributed by atoms with Gasteiger partial charge in [-0.3, -0.25) is 14.7 Å². The quantitative estimate of drug-likeness (QED) is 0.337. The normalized spacial score (nSPS) is 16.4. The Morgan fingerprint density at radius 3 is 2.22 bits per heavy atom. The molecule has 1 atom stereocenters. The van der Waals surface area contributed by atoms with Crippen LogP contribution in [0.3, 0.4) is 0 Å². The van der Waals surface area contributed by atoms with Gasteiger partial charge in [-0.15, -0.1) is 10.2 Å². The van der Waals surface area contributed by atoms with Crippen LogP contribution in [0.5, 0.6) is 0 Å². The zero-order valence-corrected chi connectivity index (χ0v) is 20.6. The predicted octanol–water partition coefficient (Wildman–Crippen LogP) is 5.21. The van der Waals surface area contributed by atoms with Gasteiger partial charge >= 0.3 is 0 Å². The van der Waals surface area contributed by atoms with Crippen molar-refractivity contribution in [3.05, 3.63) is 126 Å². The highest BCUT2D eigenvalue weighted by Gasteiger charge is 2.39. The van der Waals surface area contributed by atoms with E-state index in [1.165, 1.54) is 11.1 Å². The van der Waals surface area contributed by atoms with E-state index in [9.17, 15) is 4.79 Å². The van der Waals surface area contributed by atoms with Crippen LogP contribution in [0.1, 0.15) is 45.4 Å². The molecule has 0 aliphatic carbocycles. The molecule has 0 spiro atoms. The summed E-state index contributed by atoms with van der Waals surface area (Å²) >= 11 is 0. The summed E-state index contributed by atoms with van der Waals surface area (Å²) in [4.78, 5) is 22.4. The Balaban J connectivity index is 1.39. The number of hydrogen-bond donors (Lipinski definition) is 0. The van der Waals surface area contributed by atoms with Gasteiger partial charge in [-0.1, -0.05) is 84.9 Å². The minimum Gasteiger partial charge on any atom is -0.424 e. The number of rotatable bonds is 5. The summed E-state index contributed by atoms with van der Waals surface area (Å²) in [5.41, 5.74) is 2.95. The zero-order chi connectivity index (χ0) is 25.2. The molecule has 1 aliphatic heterocycles. The molecule has 0 radical (unpaired) electrons. The number of pyridine rings is 1. The highest BCUT2D eigenvalue weighted by atomic mass is 16.4. The lowest BCUT2D eigenvalue weighted by Crippen LogP contribution is -2.51. The van der Waals surface area contributed by atoms with E-state index in [4.69, 9.17) is 4.42 Å². The Hall–Kier alpha value is -4.36. The van der Waals surface area contributed by atoms with Crippen molar-refractivity contribution in [3.8, 4) is 0 Å². The van der Waals surface area contributed by atoms with Crippen molar-refractivity contribution in [3.63, 3.8) is 0 Å². The summed E-state index contributed by atoms with van der Waals surface area (Å²) < 4.78 is 5.96. The van der Waals surface area contributed by atoms with E-state index in [0.29, 0.717) is 37.0 Å². The predicted molar refractivity (Wildman–Crippen MR) is 141 cm³/mol. The first-order valence-electron chi connectivity index (χ1n) is 12.5. The van der Waals surface area contributed by atoms with Gasteiger partial charge in [0.15, 0.2) is 0 Å². The van der Waals surface area contributed by atoms with Crippen LogP contribution in [-0.4, -0.2) is 50.5 Å². The average molecular weight is 490 g/mol. The number of hydrogen-bond acceptors (Lipinski definition) is 6. The molecule has 0 unspecified atom stereocenters. The van der Waals surface area contributed by atoms with Gasteiger partial charge in [0.1, 0.15) is 6.04 Å². The Morgan fingerprint density at radius 2 is 1.54 bits per heavy atom. The molecule has 7 heteroatoms. The summed E-state index contributed by atoms with van der Waals surface area (Å²) in [5, 5.41) is 10.4. The Morgan fingerprint density at radius 1 is 0.865 bits per heavy atom. The lowest BCUT2D eigenvalue weighted by atomic mass is 9.94. The van der Waals surface area contributed by atoms with Crippen LogP contribution in [0.2, 0.25) is 0 Å². The molecule has 2 aromatic heterocycles. The highest BCUT2D eigenvalue weighted by Crippen LogP contribution is 2.38. The maximum Gasteiger partial charge on any atom is 0.256 e. The van der Waals surface area contributed by atoms with Crippen LogP contribution in [0.15, 0.2) is 102 Å². The van der Waals surface area contributed by atoms with Crippen LogP contribution in [0.25, 0.3) is 10.8 Å². The molecule has 1 saturated heterocycles. The molecule has 37 heavy (non-hydrogen) atoms. The van der Waals surface area contributed by atoms with E-state index >= 15 is 0 Å². The minimum absolute atomic E-state index is 0.0314. The molecular formula is C30H27N5O2. The van der Waals surface area contributed by atoms with Gasteiger partial charge in [-0.2, -0.15) is 0 Å². The zero-order valence-electron chi connectivity index (χ0n) is 20.6. The third-order valence-corrected chi connectivity index (χ3v) is 7.00. The number of aromatic nitrogens is 3. The summed E-state index contributed by atoms with van der Waals surface area (Å²) in [6.45, 7) is 3.44. The molecule has 1 aliphatic rings. The van der Waals surface area contributed by atoms with Crippen LogP contribution in [-0.2, 0) is 0 Å². The fourth-order valence-electron chi connectivity index (χ4n) is 5.26. The second-order valence-corrected chi connectivity index (χ2v) is 9.30. The third kappa shape index (κ3) is 4.49. The second kappa shape index (κ2) is 9.95. The first-order chi connectivity index (χ1) is 18.2. The smallest absolute Gasteiger partial charge is 0.256 e. The van der Waals surface area contributed by atoms with Crippen molar-refractivity contribution >= 4 is 16.7 Å². The van der Waals surface area contributed by atoms with Crippen LogP contribution >= 0.6 is 0 Å². The maximum absolute atomic E-state index is 13.8. The molecule has 3 heterocycles. The van der Waals surface area contributed by atoms with Gasteiger partial charge < -0.3 is 9.32 Å². The van der Waals surface area contributed by atoms with E-state index in [1.807, 2.05) is 41.3 Å². The SMILES string of the molecule is Cc1nnc([C@H]2CN(C(=O)c3cncc4ccccc34)CCN2C(c2ccccc2)c2ccccc2)o1. The molecule has 6 rings (SSSR count). The first-order valence-corrected chi connectivity index (χ1v) is 12.5. The second-order valence-electron chi connectivity index (χ2n) is 9.30. The molecule has 7 nitrogen and oxygen atoms in total. The van der Waals surface area contributed by atoms with Crippen molar-refractivity contribution in [2.75, 3.05) is 19.6 Å². The van der Waals surface area contributed by atoms with Crippen molar-refractivity contribution in [2.45, 2.75) is 19.0 Å². The van der Waals surface area contributed by atoms with E-state index in [2.05, 4.69) is 68.6 Å². The molecule has 0 saturated carbocycles. The van der Waals surface area contributed by atoms with Gasteiger partial charge in [0.05, 0.1) is 11.6 Å². The maximum atomic E-state index is 13.8. The summed E-state index contributed by atoms with van der Waals surface area (Å²) in [5.74, 6) is 0.983. The monoisotopic (exact) mass is 489 g/mol. The Labute approximate surface area is 215 Å². The number of carbonyl (C=O) groups excluding carboxylic acids is 1. The number of amides is 1. The largest absolute Gasteiger partial charge is 0.424 e. The number of fused-ring (bicyclic) bond motifs is 1. The third-order valence-electron chi connectivity index (χ3n) is 7.00. The lowest BCUT2D eigenvalue weighted by Gasteiger charge is -2.44. The van der Waals surface area contributed by atoms with Crippen LogP contribution in [0, 0.1) is 6.92 Å². The summed E-state index contributed by atoms with van der Waals surface area (Å²) in [6.07, 6.45) is 3.46. The number of nitrogens with zero attached hydrogens (tertiary/aromatic N) is 5. The number of carbonyl (C=O) groups is 1. The molecule has 0 N–H and O–H groups in total. The fourth-order valence-corrected chi connectivity index (χ4v) is 5.26. The molecule has 1 fully saturated rings. The fraction of sp³-hybridized carbons (Fsp3) is 0.200. The van der Waals surface area contributed by atoms with Gasteiger partial charge in [0.2, 0.25) is 11.8 Å². The van der Waals surface area contributed by atoms with Gasteiger partial charge in [-0.05, 0) is 16.5 Å². The average Bonchev–Trinajstić information content (AvgIpc) is 3.40. The first kappa shape index (κ1) is 23.1. The summed E-state index contributed by atoms with van der Waals surface area (Å²) in [6, 6.07) is 28.4. The molecule has 1 amide bonds. The van der Waals surface area contributed by atoms with Crippen molar-refractivity contribution in [1.29, 1.82) is 0 Å². The Bertz CT molecular complexity index is 1470. The minimum atomic E-state index is -0.271. The van der Waals surface area contributed by atoms with E-state index in [0.717, 1.165) is 10.8 Å². The number of aryl methyl sites for hydroxylation is 1. The van der Waals surface area contributed by atoms with Crippen molar-refractivity contribution in [2.24, 2.45) is 0 Å². The van der Waals surface area contributed by atoms with Crippen LogP contribution < -0.4 is 0 Å². The van der Waals surface area contributed by atoms with Crippen molar-refractivity contribution in [1.82, 2.24) is 25.0 Å². The molecule has 5 aromatic rings. The topological polar surface area (TPSA) is 75.4 Å². The summed E-state index contributed by atoms with van der Waals surface area (Å²) in [7, 11) is 0. The molecule has 184 valence electrons. The number of benzene rings is 3. The van der Waals surface area contributed by atoms with E-state index in [1.54, 1.807) is 19.3 Å². The van der Waals surface area contributed by atoms with Gasteiger partial charge in [0.25, 0.3) is 5.91 Å². The van der Waals surface area contributed by atoms with Crippen LogP contribution in [0.4, 0.5) is 0 Å². The molecule has 0 bridgehead atoms. The lowest BCUT2D eigenvalue weighted by molar-refractivity contribution is 0.0303. The highest BCUT2D eigenvalue weighted by molar-refractivity contribution is 6.06. The number of piperazine rings is 1.